The summed E-state index contributed by atoms with van der Waals surface area (Å²) in [6, 6.07) is 1.96. The molecule has 6 nitrogen and oxygen atoms in total. The molecule has 0 saturated heterocycles. The number of nitrogen functional groups attached to an aromatic ring is 1. The number of anilines is 3. The van der Waals surface area contributed by atoms with E-state index in [0.717, 1.165) is 0 Å². The fourth-order valence-corrected chi connectivity index (χ4v) is 1.06. The van der Waals surface area contributed by atoms with Crippen LogP contribution in [0.3, 0.4) is 0 Å². The van der Waals surface area contributed by atoms with Gasteiger partial charge in [-0.05, 0) is 6.07 Å². The SMILES string of the molecule is Nc1cnccc1N(N)c1ncco1. The number of hydrogen-bond acceptors (Lipinski definition) is 6. The molecule has 72 valence electrons. The van der Waals surface area contributed by atoms with Crippen molar-refractivity contribution in [3.63, 3.8) is 0 Å². The van der Waals surface area contributed by atoms with Crippen LogP contribution < -0.4 is 16.6 Å². The number of oxazole rings is 1. The minimum atomic E-state index is 0.280. The Balaban J connectivity index is 2.37. The van der Waals surface area contributed by atoms with Crippen molar-refractivity contribution >= 4 is 17.4 Å². The number of nitrogens with two attached hydrogens (primary N) is 2. The smallest absolute Gasteiger partial charge is 0.316 e. The second kappa shape index (κ2) is 3.35. The maximum atomic E-state index is 5.73. The first-order chi connectivity index (χ1) is 6.79. The van der Waals surface area contributed by atoms with E-state index < -0.39 is 0 Å². The Morgan fingerprint density at radius 2 is 2.21 bits per heavy atom. The Hall–Kier alpha value is -2.08. The van der Waals surface area contributed by atoms with E-state index in [0.29, 0.717) is 11.4 Å². The monoisotopic (exact) mass is 191 g/mol. The van der Waals surface area contributed by atoms with Crippen LogP contribution in [0.2, 0.25) is 0 Å². The van der Waals surface area contributed by atoms with Crippen LogP contribution in [0.15, 0.2) is 35.3 Å². The lowest BCUT2D eigenvalue weighted by atomic mass is 10.3. The molecule has 4 N–H and O–H groups in total. The van der Waals surface area contributed by atoms with E-state index >= 15 is 0 Å². The normalized spacial score (nSPS) is 10.1. The molecule has 0 aromatic carbocycles. The average molecular weight is 191 g/mol. The molecule has 2 rings (SSSR count). The van der Waals surface area contributed by atoms with Crippen LogP contribution in [-0.2, 0) is 0 Å². The second-order valence-corrected chi connectivity index (χ2v) is 2.62. The van der Waals surface area contributed by atoms with Crippen molar-refractivity contribution in [3.8, 4) is 0 Å². The van der Waals surface area contributed by atoms with Gasteiger partial charge in [0.25, 0.3) is 0 Å². The van der Waals surface area contributed by atoms with Gasteiger partial charge in [0.1, 0.15) is 6.26 Å². The number of aromatic nitrogens is 2. The zero-order chi connectivity index (χ0) is 9.97. The predicted octanol–water partition coefficient (Wildman–Crippen LogP) is 0.664. The number of hydrogen-bond donors (Lipinski definition) is 2. The van der Waals surface area contributed by atoms with Gasteiger partial charge in [0.05, 0.1) is 23.8 Å². The van der Waals surface area contributed by atoms with Gasteiger partial charge in [-0.2, -0.15) is 0 Å². The van der Waals surface area contributed by atoms with Gasteiger partial charge in [-0.15, -0.1) is 0 Å². The van der Waals surface area contributed by atoms with Crippen molar-refractivity contribution in [3.05, 3.63) is 30.9 Å². The lowest BCUT2D eigenvalue weighted by molar-refractivity contribution is 0.555. The minimum Gasteiger partial charge on any atom is -0.431 e. The van der Waals surface area contributed by atoms with E-state index in [-0.39, 0.29) is 6.01 Å². The fourth-order valence-electron chi connectivity index (χ4n) is 1.06. The quantitative estimate of drug-likeness (QED) is 0.535. The summed E-state index contributed by atoms with van der Waals surface area (Å²) in [6.07, 6.45) is 6.05. The van der Waals surface area contributed by atoms with Gasteiger partial charge >= 0.3 is 6.01 Å². The summed E-state index contributed by atoms with van der Waals surface area (Å²) in [4.78, 5) is 7.74. The van der Waals surface area contributed by atoms with Crippen LogP contribution in [0.1, 0.15) is 0 Å². The lowest BCUT2D eigenvalue weighted by Gasteiger charge is -2.14. The third-order valence-corrected chi connectivity index (χ3v) is 1.71. The molecular formula is C8H9N5O. The van der Waals surface area contributed by atoms with Gasteiger partial charge in [-0.25, -0.2) is 15.8 Å². The van der Waals surface area contributed by atoms with Crippen LogP contribution in [0.4, 0.5) is 17.4 Å². The number of rotatable bonds is 2. The molecule has 0 radical (unpaired) electrons. The van der Waals surface area contributed by atoms with Crippen molar-refractivity contribution in [2.75, 3.05) is 10.7 Å². The highest BCUT2D eigenvalue weighted by molar-refractivity contribution is 5.69. The van der Waals surface area contributed by atoms with Gasteiger partial charge in [0.15, 0.2) is 0 Å². The summed E-state index contributed by atoms with van der Waals surface area (Å²) < 4.78 is 5.02. The van der Waals surface area contributed by atoms with Gasteiger partial charge in [0, 0.05) is 6.20 Å². The molecule has 0 aliphatic carbocycles. The highest BCUT2D eigenvalue weighted by Gasteiger charge is 2.11. The van der Waals surface area contributed by atoms with E-state index in [2.05, 4.69) is 9.97 Å². The molecule has 2 aromatic rings. The molecule has 0 spiro atoms. The van der Waals surface area contributed by atoms with Gasteiger partial charge in [0.2, 0.25) is 0 Å². The van der Waals surface area contributed by atoms with E-state index in [1.54, 1.807) is 12.3 Å². The molecule has 0 amide bonds. The predicted molar refractivity (Wildman–Crippen MR) is 51.5 cm³/mol. The third kappa shape index (κ3) is 1.38. The van der Waals surface area contributed by atoms with Crippen molar-refractivity contribution < 1.29 is 4.42 Å². The van der Waals surface area contributed by atoms with E-state index in [9.17, 15) is 0 Å². The summed E-state index contributed by atoms with van der Waals surface area (Å²) in [6.45, 7) is 0. The zero-order valence-corrected chi connectivity index (χ0v) is 7.29. The highest BCUT2D eigenvalue weighted by atomic mass is 16.4. The summed E-state index contributed by atoms with van der Waals surface area (Å²) in [5, 5.41) is 1.26. The Kier molecular flexibility index (Phi) is 2.04. The molecule has 2 heterocycles. The summed E-state index contributed by atoms with van der Waals surface area (Å²) in [7, 11) is 0. The molecule has 0 unspecified atom stereocenters. The van der Waals surface area contributed by atoms with Crippen molar-refractivity contribution in [2.45, 2.75) is 0 Å². The third-order valence-electron chi connectivity index (χ3n) is 1.71. The molecule has 6 heteroatoms. The summed E-state index contributed by atoms with van der Waals surface area (Å²) in [5.74, 6) is 5.73. The number of pyridine rings is 1. The summed E-state index contributed by atoms with van der Waals surface area (Å²) in [5.41, 5.74) is 6.74. The first-order valence-corrected chi connectivity index (χ1v) is 3.93. The molecule has 0 fully saturated rings. The maximum Gasteiger partial charge on any atom is 0.316 e. The molecule has 0 atom stereocenters. The van der Waals surface area contributed by atoms with Gasteiger partial charge in [-0.1, -0.05) is 0 Å². The van der Waals surface area contributed by atoms with Crippen LogP contribution in [0, 0.1) is 0 Å². The second-order valence-electron chi connectivity index (χ2n) is 2.62. The Labute approximate surface area is 80.1 Å². The summed E-state index contributed by atoms with van der Waals surface area (Å²) >= 11 is 0. The first kappa shape index (κ1) is 8.52. The molecule has 14 heavy (non-hydrogen) atoms. The standard InChI is InChI=1S/C8H9N5O/c9-6-5-11-2-1-7(6)13(10)8-12-3-4-14-8/h1-5H,9-10H2. The van der Waals surface area contributed by atoms with Crippen LogP contribution >= 0.6 is 0 Å². The molecule has 0 aliphatic rings. The number of nitrogens with zero attached hydrogens (tertiary/aromatic N) is 3. The van der Waals surface area contributed by atoms with Crippen molar-refractivity contribution in [1.29, 1.82) is 0 Å². The zero-order valence-electron chi connectivity index (χ0n) is 7.29. The van der Waals surface area contributed by atoms with E-state index in [1.165, 1.54) is 23.7 Å². The molecule has 0 aliphatic heterocycles. The first-order valence-electron chi connectivity index (χ1n) is 3.93. The Morgan fingerprint density at radius 3 is 2.86 bits per heavy atom. The average Bonchev–Trinajstić information content (AvgIpc) is 2.70. The van der Waals surface area contributed by atoms with Crippen molar-refractivity contribution in [1.82, 2.24) is 9.97 Å². The molecular weight excluding hydrogens is 182 g/mol. The highest BCUT2D eigenvalue weighted by Crippen LogP contribution is 2.24. The van der Waals surface area contributed by atoms with E-state index in [4.69, 9.17) is 16.0 Å². The maximum absolute atomic E-state index is 5.73. The topological polar surface area (TPSA) is 94.2 Å². The Morgan fingerprint density at radius 1 is 1.36 bits per heavy atom. The Bertz CT molecular complexity index is 413. The fraction of sp³-hybridized carbons (Fsp3) is 0. The molecule has 0 bridgehead atoms. The van der Waals surface area contributed by atoms with Crippen LogP contribution in [0.5, 0.6) is 0 Å². The van der Waals surface area contributed by atoms with Crippen LogP contribution in [0.25, 0.3) is 0 Å². The lowest BCUT2D eigenvalue weighted by Crippen LogP contribution is -2.26. The van der Waals surface area contributed by atoms with E-state index in [1.807, 2.05) is 0 Å². The van der Waals surface area contributed by atoms with Crippen LogP contribution in [-0.4, -0.2) is 9.97 Å². The molecule has 2 aromatic heterocycles. The largest absolute Gasteiger partial charge is 0.431 e. The van der Waals surface area contributed by atoms with Gasteiger partial charge < -0.3 is 10.2 Å². The number of hydrazine groups is 1. The van der Waals surface area contributed by atoms with Gasteiger partial charge in [-0.3, -0.25) is 4.98 Å². The molecule has 0 saturated carbocycles. The van der Waals surface area contributed by atoms with Crippen molar-refractivity contribution in [2.24, 2.45) is 5.84 Å². The minimum absolute atomic E-state index is 0.280.